The topological polar surface area (TPSA) is 38.5 Å². The van der Waals surface area contributed by atoms with Crippen LogP contribution in [0, 0.1) is 5.92 Å². The Labute approximate surface area is 126 Å². The minimum absolute atomic E-state index is 0.204. The highest BCUT2D eigenvalue weighted by atomic mass is 16.5. The highest BCUT2D eigenvalue weighted by Gasteiger charge is 2.38. The van der Waals surface area contributed by atoms with Gasteiger partial charge in [-0.05, 0) is 38.6 Å². The van der Waals surface area contributed by atoms with E-state index < -0.39 is 0 Å². The number of nitrogens with zero attached hydrogens (tertiary/aromatic N) is 1. The zero-order chi connectivity index (χ0) is 15.0. The maximum atomic E-state index is 6.26. The summed E-state index contributed by atoms with van der Waals surface area (Å²) in [6.45, 7) is 9.50. The molecule has 1 aliphatic carbocycles. The van der Waals surface area contributed by atoms with E-state index in [1.165, 1.54) is 44.9 Å². The highest BCUT2D eigenvalue weighted by Crippen LogP contribution is 2.36. The molecule has 0 saturated heterocycles. The first kappa shape index (κ1) is 17.9. The molecule has 3 unspecified atom stereocenters. The fourth-order valence-electron chi connectivity index (χ4n) is 4.21. The largest absolute Gasteiger partial charge is 0.383 e. The third kappa shape index (κ3) is 4.44. The van der Waals surface area contributed by atoms with Gasteiger partial charge in [0.05, 0.1) is 6.61 Å². The van der Waals surface area contributed by atoms with Gasteiger partial charge < -0.3 is 10.5 Å². The van der Waals surface area contributed by atoms with E-state index in [0.29, 0.717) is 6.04 Å². The minimum atomic E-state index is 0.204. The summed E-state index contributed by atoms with van der Waals surface area (Å²) < 4.78 is 5.38. The Bertz CT molecular complexity index is 259. The number of nitrogens with two attached hydrogens (primary N) is 1. The van der Waals surface area contributed by atoms with Crippen LogP contribution in [0.15, 0.2) is 0 Å². The lowest BCUT2D eigenvalue weighted by atomic mass is 9.86. The van der Waals surface area contributed by atoms with Gasteiger partial charge in [0.25, 0.3) is 0 Å². The number of rotatable bonds is 8. The summed E-state index contributed by atoms with van der Waals surface area (Å²) >= 11 is 0. The van der Waals surface area contributed by atoms with Crippen LogP contribution in [-0.4, -0.2) is 43.3 Å². The molecular formula is C17H36N2O. The van der Waals surface area contributed by atoms with Crippen LogP contribution in [0.25, 0.3) is 0 Å². The van der Waals surface area contributed by atoms with Gasteiger partial charge in [0.15, 0.2) is 0 Å². The molecule has 120 valence electrons. The predicted molar refractivity (Wildman–Crippen MR) is 87.0 cm³/mol. The van der Waals surface area contributed by atoms with E-state index in [1.54, 1.807) is 7.11 Å². The van der Waals surface area contributed by atoms with Crippen LogP contribution in [0.2, 0.25) is 0 Å². The highest BCUT2D eigenvalue weighted by molar-refractivity contribution is 4.96. The van der Waals surface area contributed by atoms with Crippen molar-refractivity contribution in [1.29, 1.82) is 0 Å². The molecule has 0 aliphatic heterocycles. The summed E-state index contributed by atoms with van der Waals surface area (Å²) in [4.78, 5) is 2.62. The standard InChI is InChI=1S/C17H36N2O/c1-5-8-16-9-7-11-17(14-18,12-10-16)19(6-2)15(3)13-20-4/h15-16H,5-14,18H2,1-4H3. The van der Waals surface area contributed by atoms with Gasteiger partial charge in [-0.3, -0.25) is 4.90 Å². The monoisotopic (exact) mass is 284 g/mol. The van der Waals surface area contributed by atoms with E-state index in [1.807, 2.05) is 0 Å². The van der Waals surface area contributed by atoms with E-state index in [-0.39, 0.29) is 5.54 Å². The van der Waals surface area contributed by atoms with E-state index in [2.05, 4.69) is 25.7 Å². The Kier molecular flexibility index (Phi) is 8.08. The third-order valence-electron chi connectivity index (χ3n) is 5.24. The summed E-state index contributed by atoms with van der Waals surface area (Å²) in [6, 6.07) is 0.455. The normalized spacial score (nSPS) is 29.4. The predicted octanol–water partition coefficient (Wildman–Crippen LogP) is 3.42. The number of hydrogen-bond acceptors (Lipinski definition) is 3. The van der Waals surface area contributed by atoms with E-state index in [9.17, 15) is 0 Å². The number of methoxy groups -OCH3 is 1. The molecule has 1 aliphatic rings. The van der Waals surface area contributed by atoms with Gasteiger partial charge in [-0.25, -0.2) is 0 Å². The van der Waals surface area contributed by atoms with Gasteiger partial charge in [0.1, 0.15) is 0 Å². The molecule has 1 rings (SSSR count). The van der Waals surface area contributed by atoms with Crippen LogP contribution in [0.1, 0.15) is 65.7 Å². The molecule has 0 aromatic heterocycles. The van der Waals surface area contributed by atoms with Gasteiger partial charge >= 0.3 is 0 Å². The summed E-state index contributed by atoms with van der Waals surface area (Å²) in [7, 11) is 1.80. The molecule has 0 spiro atoms. The molecule has 0 aromatic carbocycles. The number of hydrogen-bond donors (Lipinski definition) is 1. The Morgan fingerprint density at radius 3 is 2.60 bits per heavy atom. The SMILES string of the molecule is CCCC1CCCC(CN)(N(CC)C(C)COC)CC1. The molecule has 1 saturated carbocycles. The average molecular weight is 284 g/mol. The van der Waals surface area contributed by atoms with Crippen molar-refractivity contribution in [2.24, 2.45) is 11.7 Å². The molecule has 0 amide bonds. The molecule has 20 heavy (non-hydrogen) atoms. The van der Waals surface area contributed by atoms with Crippen LogP contribution >= 0.6 is 0 Å². The van der Waals surface area contributed by atoms with Gasteiger partial charge in [-0.2, -0.15) is 0 Å². The van der Waals surface area contributed by atoms with Gasteiger partial charge in [-0.15, -0.1) is 0 Å². The smallest absolute Gasteiger partial charge is 0.0615 e. The summed E-state index contributed by atoms with van der Waals surface area (Å²) in [5.41, 5.74) is 6.46. The molecule has 0 bridgehead atoms. The summed E-state index contributed by atoms with van der Waals surface area (Å²) in [5.74, 6) is 0.921. The quantitative estimate of drug-likeness (QED) is 0.694. The molecule has 0 aromatic rings. The van der Waals surface area contributed by atoms with Gasteiger partial charge in [0.2, 0.25) is 0 Å². The fraction of sp³-hybridized carbons (Fsp3) is 1.00. The van der Waals surface area contributed by atoms with Crippen molar-refractivity contribution >= 4 is 0 Å². The van der Waals surface area contributed by atoms with Crippen LogP contribution in [-0.2, 0) is 4.74 Å². The summed E-state index contributed by atoms with van der Waals surface area (Å²) in [6.07, 6.45) is 9.30. The Morgan fingerprint density at radius 1 is 1.30 bits per heavy atom. The second-order valence-electron chi connectivity index (χ2n) is 6.60. The third-order valence-corrected chi connectivity index (χ3v) is 5.24. The van der Waals surface area contributed by atoms with Crippen molar-refractivity contribution in [1.82, 2.24) is 4.90 Å². The molecule has 2 N–H and O–H groups in total. The van der Waals surface area contributed by atoms with E-state index in [0.717, 1.165) is 25.6 Å². The summed E-state index contributed by atoms with van der Waals surface area (Å²) in [5, 5.41) is 0. The Hall–Kier alpha value is -0.120. The minimum Gasteiger partial charge on any atom is -0.383 e. The maximum absolute atomic E-state index is 6.26. The molecule has 0 heterocycles. The van der Waals surface area contributed by atoms with Crippen molar-refractivity contribution in [3.63, 3.8) is 0 Å². The van der Waals surface area contributed by atoms with Crippen LogP contribution in [0.5, 0.6) is 0 Å². The average Bonchev–Trinajstić information content (AvgIpc) is 2.64. The van der Waals surface area contributed by atoms with E-state index >= 15 is 0 Å². The first-order valence-electron chi connectivity index (χ1n) is 8.59. The lowest BCUT2D eigenvalue weighted by Crippen LogP contribution is -2.57. The lowest BCUT2D eigenvalue weighted by Gasteiger charge is -2.46. The first-order valence-corrected chi connectivity index (χ1v) is 8.59. The van der Waals surface area contributed by atoms with Crippen molar-refractivity contribution in [3.8, 4) is 0 Å². The van der Waals surface area contributed by atoms with E-state index in [4.69, 9.17) is 10.5 Å². The molecule has 3 atom stereocenters. The number of likely N-dealkylation sites (N-methyl/N-ethyl adjacent to an activating group) is 1. The first-order chi connectivity index (χ1) is 9.63. The molecule has 1 fully saturated rings. The van der Waals surface area contributed by atoms with Crippen molar-refractivity contribution < 1.29 is 4.74 Å². The fourth-order valence-corrected chi connectivity index (χ4v) is 4.21. The van der Waals surface area contributed by atoms with Crippen LogP contribution in [0.4, 0.5) is 0 Å². The zero-order valence-electron chi connectivity index (χ0n) is 14.2. The Morgan fingerprint density at radius 2 is 2.05 bits per heavy atom. The second kappa shape index (κ2) is 9.01. The Balaban J connectivity index is 2.78. The van der Waals surface area contributed by atoms with Crippen molar-refractivity contribution in [2.45, 2.75) is 77.3 Å². The van der Waals surface area contributed by atoms with Crippen LogP contribution in [0.3, 0.4) is 0 Å². The molecule has 3 nitrogen and oxygen atoms in total. The number of ether oxygens (including phenoxy) is 1. The molecule has 3 heteroatoms. The van der Waals surface area contributed by atoms with Crippen molar-refractivity contribution in [2.75, 3.05) is 26.8 Å². The maximum Gasteiger partial charge on any atom is 0.0615 e. The lowest BCUT2D eigenvalue weighted by molar-refractivity contribution is 0.0105. The van der Waals surface area contributed by atoms with Crippen LogP contribution < -0.4 is 5.73 Å². The van der Waals surface area contributed by atoms with Crippen molar-refractivity contribution in [3.05, 3.63) is 0 Å². The zero-order valence-corrected chi connectivity index (χ0v) is 14.2. The van der Waals surface area contributed by atoms with Gasteiger partial charge in [0, 0.05) is 25.2 Å². The van der Waals surface area contributed by atoms with Gasteiger partial charge in [-0.1, -0.05) is 39.5 Å². The molecular weight excluding hydrogens is 248 g/mol. The molecule has 0 radical (unpaired) electrons. The second-order valence-corrected chi connectivity index (χ2v) is 6.60.